The molecule has 1 aromatic heterocycles. The Morgan fingerprint density at radius 3 is 2.30 bits per heavy atom. The number of fused-ring (bicyclic) bond motifs is 1. The maximum atomic E-state index is 13.4. The molecule has 9 nitrogen and oxygen atoms in total. The monoisotopic (exact) mass is 570 g/mol. The number of carbonyl (C=O) groups excluding carboxylic acids is 3. The van der Waals surface area contributed by atoms with Crippen LogP contribution in [0.15, 0.2) is 34.9 Å². The first kappa shape index (κ1) is 28.5. The Morgan fingerprint density at radius 2 is 1.70 bits per heavy atom. The Morgan fingerprint density at radius 1 is 1.00 bits per heavy atom. The number of benzene rings is 1. The number of aryl methyl sites for hydroxylation is 2. The van der Waals surface area contributed by atoms with Crippen molar-refractivity contribution >= 4 is 35.2 Å². The Bertz CT molecular complexity index is 1230. The molecule has 0 saturated carbocycles. The standard InChI is InChI=1S/C30H39ClN4O5/c1-20-5-6-25(15-27(20)31)35(30(38)40-26-7-12-33(13-8-26)22(3)36)11-4-10-32-16-23-18-34(19-24(23)17-32)29(37)28-21(2)9-14-39-28/h5-6,9,14-15,23-24,26H,4,7-8,10-13,16-19H2,1-3H3. The summed E-state index contributed by atoms with van der Waals surface area (Å²) < 4.78 is 11.3. The molecule has 4 heterocycles. The summed E-state index contributed by atoms with van der Waals surface area (Å²) in [6.07, 6.45) is 3.06. The number of carbonyl (C=O) groups is 3. The minimum Gasteiger partial charge on any atom is -0.459 e. The van der Waals surface area contributed by atoms with Gasteiger partial charge >= 0.3 is 6.09 Å². The second kappa shape index (κ2) is 12.2. The average Bonchev–Trinajstić information content (AvgIpc) is 3.63. The van der Waals surface area contributed by atoms with E-state index in [2.05, 4.69) is 4.90 Å². The zero-order chi connectivity index (χ0) is 28.4. The number of hydrogen-bond acceptors (Lipinski definition) is 6. The lowest BCUT2D eigenvalue weighted by atomic mass is 10.0. The zero-order valence-corrected chi connectivity index (χ0v) is 24.4. The highest BCUT2D eigenvalue weighted by molar-refractivity contribution is 6.31. The molecule has 40 heavy (non-hydrogen) atoms. The van der Waals surface area contributed by atoms with Gasteiger partial charge in [0.15, 0.2) is 5.76 Å². The van der Waals surface area contributed by atoms with Gasteiger partial charge in [-0.05, 0) is 62.4 Å². The van der Waals surface area contributed by atoms with Gasteiger partial charge in [0.1, 0.15) is 6.10 Å². The van der Waals surface area contributed by atoms with E-state index < -0.39 is 0 Å². The summed E-state index contributed by atoms with van der Waals surface area (Å²) in [6.45, 7) is 11.4. The number of furan rings is 1. The molecule has 0 spiro atoms. The van der Waals surface area contributed by atoms with Crippen LogP contribution in [0.25, 0.3) is 0 Å². The summed E-state index contributed by atoms with van der Waals surface area (Å²) in [6, 6.07) is 7.48. The molecule has 1 aromatic carbocycles. The Balaban J connectivity index is 1.14. The molecule has 216 valence electrons. The average molecular weight is 571 g/mol. The molecule has 10 heteroatoms. The summed E-state index contributed by atoms with van der Waals surface area (Å²) in [5, 5.41) is 0.612. The minimum atomic E-state index is -0.373. The smallest absolute Gasteiger partial charge is 0.414 e. The molecule has 3 amide bonds. The van der Waals surface area contributed by atoms with Gasteiger partial charge < -0.3 is 23.9 Å². The van der Waals surface area contributed by atoms with Crippen molar-refractivity contribution in [2.45, 2.75) is 46.1 Å². The quantitative estimate of drug-likeness (QED) is 0.484. The molecular formula is C30H39ClN4O5. The Labute approximate surface area is 241 Å². The van der Waals surface area contributed by atoms with Crippen LogP contribution in [-0.2, 0) is 9.53 Å². The molecule has 2 atom stereocenters. The number of amides is 3. The number of ether oxygens (including phenoxy) is 1. The normalized spacial score (nSPS) is 21.5. The number of halogens is 1. The summed E-state index contributed by atoms with van der Waals surface area (Å²) in [5.41, 5.74) is 2.55. The van der Waals surface area contributed by atoms with Crippen LogP contribution in [-0.4, -0.2) is 91.1 Å². The molecular weight excluding hydrogens is 532 g/mol. The second-order valence-corrected chi connectivity index (χ2v) is 11.9. The first-order valence-electron chi connectivity index (χ1n) is 14.2. The van der Waals surface area contributed by atoms with E-state index in [-0.39, 0.29) is 24.0 Å². The van der Waals surface area contributed by atoms with E-state index in [0.29, 0.717) is 55.1 Å². The van der Waals surface area contributed by atoms with Crippen LogP contribution < -0.4 is 4.90 Å². The lowest BCUT2D eigenvalue weighted by Crippen LogP contribution is -2.43. The van der Waals surface area contributed by atoms with Crippen LogP contribution >= 0.6 is 11.6 Å². The zero-order valence-electron chi connectivity index (χ0n) is 23.6. The molecule has 3 aliphatic heterocycles. The number of hydrogen-bond donors (Lipinski definition) is 0. The summed E-state index contributed by atoms with van der Waals surface area (Å²) in [4.78, 5) is 45.7. The molecule has 0 radical (unpaired) electrons. The Hall–Kier alpha value is -3.04. The molecule has 3 fully saturated rings. The summed E-state index contributed by atoms with van der Waals surface area (Å²) >= 11 is 6.41. The number of nitrogens with zero attached hydrogens (tertiary/aromatic N) is 4. The predicted molar refractivity (Wildman–Crippen MR) is 153 cm³/mol. The Kier molecular flexibility index (Phi) is 8.71. The lowest BCUT2D eigenvalue weighted by Gasteiger charge is -2.32. The molecule has 2 unspecified atom stereocenters. The van der Waals surface area contributed by atoms with Crippen molar-refractivity contribution in [2.75, 3.05) is 57.3 Å². The van der Waals surface area contributed by atoms with Crippen LogP contribution in [0.3, 0.4) is 0 Å². The van der Waals surface area contributed by atoms with Crippen molar-refractivity contribution in [2.24, 2.45) is 11.8 Å². The summed E-state index contributed by atoms with van der Waals surface area (Å²) in [7, 11) is 0. The number of likely N-dealkylation sites (tertiary alicyclic amines) is 3. The van der Waals surface area contributed by atoms with Crippen molar-refractivity contribution in [1.29, 1.82) is 0 Å². The van der Waals surface area contributed by atoms with Gasteiger partial charge in [-0.1, -0.05) is 17.7 Å². The van der Waals surface area contributed by atoms with Crippen molar-refractivity contribution in [3.8, 4) is 0 Å². The van der Waals surface area contributed by atoms with Crippen molar-refractivity contribution in [3.05, 3.63) is 52.4 Å². The SMILES string of the molecule is CC(=O)N1CCC(OC(=O)N(CCCN2CC3CN(C(=O)c4occc4C)CC3C2)c2ccc(C)c(Cl)c2)CC1. The predicted octanol–water partition coefficient (Wildman–Crippen LogP) is 4.60. The van der Waals surface area contributed by atoms with E-state index in [1.807, 2.05) is 43.0 Å². The third-order valence-corrected chi connectivity index (χ3v) is 9.01. The van der Waals surface area contributed by atoms with E-state index in [0.717, 1.165) is 56.0 Å². The fraction of sp³-hybridized carbons (Fsp3) is 0.567. The topological polar surface area (TPSA) is 86.5 Å². The van der Waals surface area contributed by atoms with Crippen molar-refractivity contribution < 1.29 is 23.5 Å². The fourth-order valence-corrected chi connectivity index (χ4v) is 6.37. The van der Waals surface area contributed by atoms with Crippen LogP contribution in [0.5, 0.6) is 0 Å². The van der Waals surface area contributed by atoms with Gasteiger partial charge in [-0.25, -0.2) is 4.79 Å². The molecule has 3 aliphatic rings. The second-order valence-electron chi connectivity index (χ2n) is 11.5. The molecule has 2 aromatic rings. The lowest BCUT2D eigenvalue weighted by molar-refractivity contribution is -0.130. The van der Waals surface area contributed by atoms with Gasteiger partial charge in [0, 0.05) is 81.9 Å². The minimum absolute atomic E-state index is 0.0127. The van der Waals surface area contributed by atoms with E-state index >= 15 is 0 Å². The van der Waals surface area contributed by atoms with Gasteiger partial charge in [0.2, 0.25) is 5.91 Å². The molecule has 5 rings (SSSR count). The summed E-state index contributed by atoms with van der Waals surface area (Å²) in [5.74, 6) is 1.40. The third kappa shape index (κ3) is 6.31. The highest BCUT2D eigenvalue weighted by Gasteiger charge is 2.42. The maximum absolute atomic E-state index is 13.4. The number of piperidine rings is 1. The fourth-order valence-electron chi connectivity index (χ4n) is 6.20. The molecule has 0 N–H and O–H groups in total. The largest absolute Gasteiger partial charge is 0.459 e. The highest BCUT2D eigenvalue weighted by atomic mass is 35.5. The molecule has 0 bridgehead atoms. The van der Waals surface area contributed by atoms with Gasteiger partial charge in [-0.15, -0.1) is 0 Å². The van der Waals surface area contributed by atoms with Crippen molar-refractivity contribution in [1.82, 2.24) is 14.7 Å². The van der Waals surface area contributed by atoms with Gasteiger partial charge in [0.05, 0.1) is 6.26 Å². The first-order valence-corrected chi connectivity index (χ1v) is 14.6. The number of anilines is 1. The molecule has 3 saturated heterocycles. The van der Waals surface area contributed by atoms with E-state index in [4.69, 9.17) is 20.8 Å². The highest BCUT2D eigenvalue weighted by Crippen LogP contribution is 2.32. The number of rotatable bonds is 7. The van der Waals surface area contributed by atoms with Crippen LogP contribution in [0, 0.1) is 25.7 Å². The van der Waals surface area contributed by atoms with E-state index in [1.54, 1.807) is 23.0 Å². The van der Waals surface area contributed by atoms with E-state index in [1.165, 1.54) is 0 Å². The van der Waals surface area contributed by atoms with Crippen LogP contribution in [0.2, 0.25) is 5.02 Å². The first-order chi connectivity index (χ1) is 19.2. The molecule has 0 aliphatic carbocycles. The maximum Gasteiger partial charge on any atom is 0.414 e. The van der Waals surface area contributed by atoms with E-state index in [9.17, 15) is 14.4 Å². The van der Waals surface area contributed by atoms with Crippen LogP contribution in [0.1, 0.15) is 47.9 Å². The third-order valence-electron chi connectivity index (χ3n) is 8.60. The van der Waals surface area contributed by atoms with Gasteiger partial charge in [0.25, 0.3) is 5.91 Å². The van der Waals surface area contributed by atoms with Gasteiger partial charge in [-0.3, -0.25) is 14.5 Å². The van der Waals surface area contributed by atoms with Crippen LogP contribution in [0.4, 0.5) is 10.5 Å². The van der Waals surface area contributed by atoms with Gasteiger partial charge in [-0.2, -0.15) is 0 Å². The van der Waals surface area contributed by atoms with Crippen molar-refractivity contribution in [3.63, 3.8) is 0 Å².